The number of rotatable bonds is 4. The molecule has 1 rings (SSSR count). The Kier molecular flexibility index (Phi) is 4.32. The molecule has 2 amide bonds. The Bertz CT molecular complexity index is 191. The minimum atomic E-state index is -0.457. The molecule has 1 atom stereocenters. The van der Waals surface area contributed by atoms with Gasteiger partial charge in [-0.2, -0.15) is 0 Å². The quantitative estimate of drug-likeness (QED) is 0.435. The Morgan fingerprint density at radius 2 is 2.38 bits per heavy atom. The molecule has 1 unspecified atom stereocenters. The maximum absolute atomic E-state index is 10.3. The molecule has 0 fully saturated rings. The van der Waals surface area contributed by atoms with Crippen LogP contribution in [0.1, 0.15) is 19.3 Å². The van der Waals surface area contributed by atoms with E-state index in [0.717, 1.165) is 6.54 Å². The Labute approximate surface area is 78.6 Å². The molecular formula is C9H17N3O. The summed E-state index contributed by atoms with van der Waals surface area (Å²) in [5.74, 6) is 0. The normalized spacial score (nSPS) is 21.4. The smallest absolute Gasteiger partial charge is 0.312 e. The van der Waals surface area contributed by atoms with Crippen molar-refractivity contribution in [3.63, 3.8) is 0 Å². The van der Waals surface area contributed by atoms with Crippen LogP contribution in [0.25, 0.3) is 0 Å². The van der Waals surface area contributed by atoms with Crippen LogP contribution in [0.2, 0.25) is 0 Å². The topological polar surface area (TPSA) is 67.2 Å². The van der Waals surface area contributed by atoms with Gasteiger partial charge >= 0.3 is 6.03 Å². The highest BCUT2D eigenvalue weighted by atomic mass is 16.2. The maximum atomic E-state index is 10.3. The van der Waals surface area contributed by atoms with Gasteiger partial charge in [0.2, 0.25) is 0 Å². The number of hydrogen-bond acceptors (Lipinski definition) is 2. The van der Waals surface area contributed by atoms with E-state index in [1.165, 1.54) is 19.3 Å². The van der Waals surface area contributed by atoms with Gasteiger partial charge in [-0.25, -0.2) is 4.79 Å². The van der Waals surface area contributed by atoms with Gasteiger partial charge in [-0.05, 0) is 19.3 Å². The van der Waals surface area contributed by atoms with Crippen LogP contribution in [-0.2, 0) is 0 Å². The first-order valence-electron chi connectivity index (χ1n) is 4.72. The predicted molar refractivity (Wildman–Crippen MR) is 52.4 cm³/mol. The number of nitrogens with two attached hydrogens (primary N) is 1. The third-order valence-electron chi connectivity index (χ3n) is 2.09. The molecule has 0 heterocycles. The summed E-state index contributed by atoms with van der Waals surface area (Å²) in [5, 5.41) is 5.86. The Morgan fingerprint density at radius 1 is 1.54 bits per heavy atom. The summed E-state index contributed by atoms with van der Waals surface area (Å²) >= 11 is 0. The fourth-order valence-corrected chi connectivity index (χ4v) is 1.43. The van der Waals surface area contributed by atoms with Gasteiger partial charge in [-0.1, -0.05) is 12.2 Å². The van der Waals surface area contributed by atoms with Crippen molar-refractivity contribution < 1.29 is 4.79 Å². The second-order valence-electron chi connectivity index (χ2n) is 3.21. The molecule has 4 heteroatoms. The van der Waals surface area contributed by atoms with Crippen molar-refractivity contribution in [2.45, 2.75) is 25.3 Å². The summed E-state index contributed by atoms with van der Waals surface area (Å²) < 4.78 is 0. The Balaban J connectivity index is 2.01. The lowest BCUT2D eigenvalue weighted by Crippen LogP contribution is -2.38. The SMILES string of the molecule is NC(=O)NCCNC1C=CCCC1. The molecule has 4 nitrogen and oxygen atoms in total. The molecule has 13 heavy (non-hydrogen) atoms. The first-order chi connectivity index (χ1) is 6.29. The summed E-state index contributed by atoms with van der Waals surface area (Å²) in [4.78, 5) is 10.3. The van der Waals surface area contributed by atoms with Crippen LogP contribution in [0.3, 0.4) is 0 Å². The molecule has 0 radical (unpaired) electrons. The number of hydrogen-bond donors (Lipinski definition) is 3. The molecule has 0 aromatic carbocycles. The molecule has 74 valence electrons. The zero-order chi connectivity index (χ0) is 9.52. The molecule has 0 aliphatic heterocycles. The summed E-state index contributed by atoms with van der Waals surface area (Å²) in [6, 6.07) is 0.0180. The van der Waals surface area contributed by atoms with E-state index in [2.05, 4.69) is 22.8 Å². The minimum absolute atomic E-state index is 0.457. The van der Waals surface area contributed by atoms with Crippen LogP contribution in [0.4, 0.5) is 4.79 Å². The predicted octanol–water partition coefficient (Wildman–Crippen LogP) is 0.353. The van der Waals surface area contributed by atoms with Gasteiger partial charge in [0.25, 0.3) is 0 Å². The summed E-state index contributed by atoms with van der Waals surface area (Å²) in [6.45, 7) is 1.37. The average molecular weight is 183 g/mol. The van der Waals surface area contributed by atoms with Crippen molar-refractivity contribution in [3.8, 4) is 0 Å². The van der Waals surface area contributed by atoms with Gasteiger partial charge < -0.3 is 16.4 Å². The van der Waals surface area contributed by atoms with Crippen molar-refractivity contribution in [2.75, 3.05) is 13.1 Å². The lowest BCUT2D eigenvalue weighted by molar-refractivity contribution is 0.249. The molecule has 1 aliphatic carbocycles. The second-order valence-corrected chi connectivity index (χ2v) is 3.21. The van der Waals surface area contributed by atoms with E-state index in [1.807, 2.05) is 0 Å². The highest BCUT2D eigenvalue weighted by molar-refractivity contribution is 5.71. The van der Waals surface area contributed by atoms with Crippen molar-refractivity contribution in [1.29, 1.82) is 0 Å². The van der Waals surface area contributed by atoms with Crippen LogP contribution in [0.5, 0.6) is 0 Å². The highest BCUT2D eigenvalue weighted by Gasteiger charge is 2.06. The zero-order valence-electron chi connectivity index (χ0n) is 7.75. The van der Waals surface area contributed by atoms with Gasteiger partial charge in [0.15, 0.2) is 0 Å². The van der Waals surface area contributed by atoms with Gasteiger partial charge in [-0.15, -0.1) is 0 Å². The van der Waals surface area contributed by atoms with E-state index in [4.69, 9.17) is 5.73 Å². The number of urea groups is 1. The number of carbonyl (C=O) groups is 1. The number of amides is 2. The second kappa shape index (κ2) is 5.59. The van der Waals surface area contributed by atoms with E-state index < -0.39 is 6.03 Å². The largest absolute Gasteiger partial charge is 0.352 e. The standard InChI is InChI=1S/C9H17N3O/c10-9(13)12-7-6-11-8-4-2-1-3-5-8/h2,4,8,11H,1,3,5-7H2,(H3,10,12,13). The summed E-state index contributed by atoms with van der Waals surface area (Å²) in [6.07, 6.45) is 8.01. The van der Waals surface area contributed by atoms with Crippen LogP contribution in [0, 0.1) is 0 Å². The molecule has 0 saturated heterocycles. The average Bonchev–Trinajstić information content (AvgIpc) is 2.14. The highest BCUT2D eigenvalue weighted by Crippen LogP contribution is 2.09. The Morgan fingerprint density at radius 3 is 3.00 bits per heavy atom. The number of carbonyl (C=O) groups excluding carboxylic acids is 1. The van der Waals surface area contributed by atoms with Crippen molar-refractivity contribution in [3.05, 3.63) is 12.2 Å². The Hall–Kier alpha value is -1.03. The van der Waals surface area contributed by atoms with Crippen LogP contribution in [0.15, 0.2) is 12.2 Å². The molecule has 0 saturated carbocycles. The summed E-state index contributed by atoms with van der Waals surface area (Å²) in [5.41, 5.74) is 4.92. The first-order valence-corrected chi connectivity index (χ1v) is 4.72. The fourth-order valence-electron chi connectivity index (χ4n) is 1.43. The molecular weight excluding hydrogens is 166 g/mol. The van der Waals surface area contributed by atoms with Gasteiger partial charge in [-0.3, -0.25) is 0 Å². The molecule has 0 aromatic rings. The van der Waals surface area contributed by atoms with E-state index in [0.29, 0.717) is 12.6 Å². The van der Waals surface area contributed by atoms with Crippen LogP contribution >= 0.6 is 0 Å². The third-order valence-corrected chi connectivity index (χ3v) is 2.09. The van der Waals surface area contributed by atoms with E-state index in [-0.39, 0.29) is 0 Å². The third kappa shape index (κ3) is 4.52. The number of primary amides is 1. The molecule has 0 bridgehead atoms. The van der Waals surface area contributed by atoms with Crippen molar-refractivity contribution >= 4 is 6.03 Å². The van der Waals surface area contributed by atoms with Crippen molar-refractivity contribution in [2.24, 2.45) is 5.73 Å². The van der Waals surface area contributed by atoms with Gasteiger partial charge in [0, 0.05) is 19.1 Å². The molecule has 4 N–H and O–H groups in total. The van der Waals surface area contributed by atoms with Gasteiger partial charge in [0.1, 0.15) is 0 Å². The molecule has 0 aromatic heterocycles. The molecule has 1 aliphatic rings. The lowest BCUT2D eigenvalue weighted by atomic mass is 10.0. The number of nitrogens with one attached hydrogen (secondary N) is 2. The lowest BCUT2D eigenvalue weighted by Gasteiger charge is -2.17. The molecule has 0 spiro atoms. The first kappa shape index (κ1) is 10.1. The zero-order valence-corrected chi connectivity index (χ0v) is 7.75. The fraction of sp³-hybridized carbons (Fsp3) is 0.667. The monoisotopic (exact) mass is 183 g/mol. The van der Waals surface area contributed by atoms with E-state index in [1.54, 1.807) is 0 Å². The summed E-state index contributed by atoms with van der Waals surface area (Å²) in [7, 11) is 0. The number of allylic oxidation sites excluding steroid dienone is 1. The minimum Gasteiger partial charge on any atom is -0.352 e. The van der Waals surface area contributed by atoms with Crippen LogP contribution < -0.4 is 16.4 Å². The van der Waals surface area contributed by atoms with E-state index in [9.17, 15) is 4.79 Å². The van der Waals surface area contributed by atoms with Gasteiger partial charge in [0.05, 0.1) is 0 Å². The van der Waals surface area contributed by atoms with Crippen LogP contribution in [-0.4, -0.2) is 25.2 Å². The maximum Gasteiger partial charge on any atom is 0.312 e. The van der Waals surface area contributed by atoms with E-state index >= 15 is 0 Å². The van der Waals surface area contributed by atoms with Crippen molar-refractivity contribution in [1.82, 2.24) is 10.6 Å².